The summed E-state index contributed by atoms with van der Waals surface area (Å²) in [6.07, 6.45) is 2.33. The molecule has 0 aliphatic rings. The Labute approximate surface area is 82.6 Å². The normalized spacial score (nSPS) is 15.7. The first-order chi connectivity index (χ1) is 6.24. The van der Waals surface area contributed by atoms with Crippen LogP contribution in [0.25, 0.3) is 0 Å². The van der Waals surface area contributed by atoms with Gasteiger partial charge in [0.2, 0.25) is 0 Å². The van der Waals surface area contributed by atoms with Gasteiger partial charge in [-0.05, 0) is 12.3 Å². The van der Waals surface area contributed by atoms with Crippen LogP contribution in [0.5, 0.6) is 0 Å². The van der Waals surface area contributed by atoms with Crippen molar-refractivity contribution in [2.45, 2.75) is 33.6 Å². The van der Waals surface area contributed by atoms with Gasteiger partial charge in [-0.3, -0.25) is 0 Å². The lowest BCUT2D eigenvalue weighted by Crippen LogP contribution is -2.16. The van der Waals surface area contributed by atoms with E-state index in [1.807, 2.05) is 0 Å². The maximum atomic E-state index is 5.61. The number of hydrogen-bond donors (Lipinski definition) is 0. The first kappa shape index (κ1) is 12.9. The number of ether oxygens (including phenoxy) is 2. The van der Waals surface area contributed by atoms with Crippen LogP contribution in [-0.4, -0.2) is 26.9 Å². The van der Waals surface area contributed by atoms with E-state index in [1.54, 1.807) is 7.11 Å². The highest BCUT2D eigenvalue weighted by Crippen LogP contribution is 2.06. The highest BCUT2D eigenvalue weighted by molar-refractivity contribution is 4.54. The summed E-state index contributed by atoms with van der Waals surface area (Å²) in [6, 6.07) is 0. The first-order valence-corrected chi connectivity index (χ1v) is 5.31. The van der Waals surface area contributed by atoms with Gasteiger partial charge < -0.3 is 9.47 Å². The zero-order chi connectivity index (χ0) is 10.1. The molecule has 0 aliphatic carbocycles. The van der Waals surface area contributed by atoms with Crippen LogP contribution >= 0.6 is 0 Å². The van der Waals surface area contributed by atoms with Gasteiger partial charge in [-0.1, -0.05) is 27.2 Å². The lowest BCUT2D eigenvalue weighted by atomic mass is 10.1. The van der Waals surface area contributed by atoms with Crippen molar-refractivity contribution in [2.24, 2.45) is 11.8 Å². The average molecular weight is 188 g/mol. The molecule has 0 saturated carbocycles. The van der Waals surface area contributed by atoms with E-state index in [-0.39, 0.29) is 0 Å². The second-order valence-corrected chi connectivity index (χ2v) is 3.78. The van der Waals surface area contributed by atoms with Gasteiger partial charge in [0.25, 0.3) is 0 Å². The minimum Gasteiger partial charge on any atom is -0.384 e. The van der Waals surface area contributed by atoms with Crippen molar-refractivity contribution >= 4 is 0 Å². The molecule has 0 aromatic carbocycles. The van der Waals surface area contributed by atoms with E-state index >= 15 is 0 Å². The highest BCUT2D eigenvalue weighted by Gasteiger charge is 2.06. The maximum absolute atomic E-state index is 5.61. The zero-order valence-electron chi connectivity index (χ0n) is 9.51. The molecule has 0 aromatic heterocycles. The van der Waals surface area contributed by atoms with Gasteiger partial charge in [0.15, 0.2) is 0 Å². The third kappa shape index (κ3) is 7.03. The molecule has 0 N–H and O–H groups in total. The molecule has 0 fully saturated rings. The van der Waals surface area contributed by atoms with Crippen molar-refractivity contribution in [2.75, 3.05) is 26.9 Å². The quantitative estimate of drug-likeness (QED) is 0.583. The van der Waals surface area contributed by atoms with E-state index in [0.29, 0.717) is 11.8 Å². The highest BCUT2D eigenvalue weighted by atomic mass is 16.5. The van der Waals surface area contributed by atoms with Crippen LogP contribution in [0.15, 0.2) is 0 Å². The van der Waals surface area contributed by atoms with E-state index in [0.717, 1.165) is 26.2 Å². The van der Waals surface area contributed by atoms with Crippen molar-refractivity contribution in [1.29, 1.82) is 0 Å². The second kappa shape index (κ2) is 8.52. The van der Waals surface area contributed by atoms with Crippen molar-refractivity contribution in [1.82, 2.24) is 0 Å². The molecule has 80 valence electrons. The Kier molecular flexibility index (Phi) is 8.46. The fourth-order valence-electron chi connectivity index (χ4n) is 1.07. The van der Waals surface area contributed by atoms with E-state index in [1.165, 1.54) is 6.42 Å². The predicted octanol–water partition coefficient (Wildman–Crippen LogP) is 2.72. The van der Waals surface area contributed by atoms with Gasteiger partial charge in [-0.2, -0.15) is 0 Å². The van der Waals surface area contributed by atoms with Crippen LogP contribution in [0, 0.1) is 11.8 Å². The van der Waals surface area contributed by atoms with E-state index in [2.05, 4.69) is 20.8 Å². The summed E-state index contributed by atoms with van der Waals surface area (Å²) in [5.74, 6) is 1.24. The molecule has 2 nitrogen and oxygen atoms in total. The molecule has 0 heterocycles. The lowest BCUT2D eigenvalue weighted by Gasteiger charge is -2.15. The molecule has 0 saturated heterocycles. The van der Waals surface area contributed by atoms with Crippen molar-refractivity contribution in [3.63, 3.8) is 0 Å². The average Bonchev–Trinajstić information content (AvgIpc) is 2.16. The predicted molar refractivity (Wildman–Crippen MR) is 55.9 cm³/mol. The molecule has 2 heteroatoms. The standard InChI is InChI=1S/C11H24O2/c1-5-10(3)7-13-9-11(6-2)8-12-4/h10-11H,5-9H2,1-4H3. The maximum Gasteiger partial charge on any atom is 0.0516 e. The molecular formula is C11H24O2. The summed E-state index contributed by atoms with van der Waals surface area (Å²) < 4.78 is 10.7. The van der Waals surface area contributed by atoms with Gasteiger partial charge in [0, 0.05) is 19.6 Å². The third-order valence-corrected chi connectivity index (χ3v) is 2.43. The fourth-order valence-corrected chi connectivity index (χ4v) is 1.07. The Morgan fingerprint density at radius 1 is 1.00 bits per heavy atom. The molecule has 0 aromatic rings. The van der Waals surface area contributed by atoms with Gasteiger partial charge >= 0.3 is 0 Å². The van der Waals surface area contributed by atoms with Crippen LogP contribution in [0.4, 0.5) is 0 Å². The number of hydrogen-bond acceptors (Lipinski definition) is 2. The molecule has 0 spiro atoms. The van der Waals surface area contributed by atoms with Gasteiger partial charge in [-0.15, -0.1) is 0 Å². The van der Waals surface area contributed by atoms with E-state index in [4.69, 9.17) is 9.47 Å². The lowest BCUT2D eigenvalue weighted by molar-refractivity contribution is 0.0413. The Balaban J connectivity index is 3.37. The largest absolute Gasteiger partial charge is 0.384 e. The van der Waals surface area contributed by atoms with Crippen molar-refractivity contribution in [3.8, 4) is 0 Å². The molecule has 0 aliphatic heterocycles. The van der Waals surface area contributed by atoms with Crippen LogP contribution in [0.1, 0.15) is 33.6 Å². The molecule has 0 rings (SSSR count). The Morgan fingerprint density at radius 2 is 1.69 bits per heavy atom. The number of rotatable bonds is 8. The summed E-state index contributed by atoms with van der Waals surface area (Å²) in [5, 5.41) is 0. The Bertz CT molecular complexity index is 104. The molecule has 2 atom stereocenters. The Hall–Kier alpha value is -0.0800. The van der Waals surface area contributed by atoms with Crippen molar-refractivity contribution in [3.05, 3.63) is 0 Å². The smallest absolute Gasteiger partial charge is 0.0516 e. The fraction of sp³-hybridized carbons (Fsp3) is 1.00. The molecule has 0 bridgehead atoms. The summed E-state index contributed by atoms with van der Waals surface area (Å²) in [7, 11) is 1.75. The zero-order valence-corrected chi connectivity index (χ0v) is 9.51. The van der Waals surface area contributed by atoms with E-state index < -0.39 is 0 Å². The topological polar surface area (TPSA) is 18.5 Å². The van der Waals surface area contributed by atoms with Gasteiger partial charge in [0.05, 0.1) is 13.2 Å². The summed E-state index contributed by atoms with van der Waals surface area (Å²) in [4.78, 5) is 0. The SMILES string of the molecule is CCC(C)COCC(CC)COC. The summed E-state index contributed by atoms with van der Waals surface area (Å²) >= 11 is 0. The molecule has 0 radical (unpaired) electrons. The van der Waals surface area contributed by atoms with Gasteiger partial charge in [-0.25, -0.2) is 0 Å². The van der Waals surface area contributed by atoms with E-state index in [9.17, 15) is 0 Å². The molecule has 2 unspecified atom stereocenters. The summed E-state index contributed by atoms with van der Waals surface area (Å²) in [5.41, 5.74) is 0. The third-order valence-electron chi connectivity index (χ3n) is 2.43. The summed E-state index contributed by atoms with van der Waals surface area (Å²) in [6.45, 7) is 9.14. The van der Waals surface area contributed by atoms with Crippen LogP contribution in [-0.2, 0) is 9.47 Å². The van der Waals surface area contributed by atoms with Crippen LogP contribution in [0.3, 0.4) is 0 Å². The minimum absolute atomic E-state index is 0.564. The second-order valence-electron chi connectivity index (χ2n) is 3.78. The van der Waals surface area contributed by atoms with Crippen LogP contribution in [0.2, 0.25) is 0 Å². The first-order valence-electron chi connectivity index (χ1n) is 5.31. The molecule has 0 amide bonds. The van der Waals surface area contributed by atoms with Gasteiger partial charge in [0.1, 0.15) is 0 Å². The monoisotopic (exact) mass is 188 g/mol. The minimum atomic E-state index is 0.564. The molecule has 13 heavy (non-hydrogen) atoms. The number of methoxy groups -OCH3 is 1. The Morgan fingerprint density at radius 3 is 2.15 bits per heavy atom. The molecular weight excluding hydrogens is 164 g/mol. The van der Waals surface area contributed by atoms with Crippen molar-refractivity contribution < 1.29 is 9.47 Å². The van der Waals surface area contributed by atoms with Crippen LogP contribution < -0.4 is 0 Å².